The van der Waals surface area contributed by atoms with Crippen molar-refractivity contribution in [2.75, 3.05) is 26.2 Å². The highest BCUT2D eigenvalue weighted by Crippen LogP contribution is 2.49. The summed E-state index contributed by atoms with van der Waals surface area (Å²) in [5, 5.41) is 0. The number of carbonyl (C=O) groups excluding carboxylic acids is 1. The fraction of sp³-hybridized carbons (Fsp3) is 0.696. The molecule has 3 heteroatoms. The molecule has 3 unspecified atom stereocenters. The minimum Gasteiger partial charge on any atom is -0.338 e. The van der Waals surface area contributed by atoms with Crippen molar-refractivity contribution in [1.82, 2.24) is 9.80 Å². The third-order valence-electron chi connectivity index (χ3n) is 8.08. The molecular weight excluding hydrogens is 320 g/mol. The summed E-state index contributed by atoms with van der Waals surface area (Å²) in [4.78, 5) is 16.9. The van der Waals surface area contributed by atoms with E-state index in [0.29, 0.717) is 0 Å². The fourth-order valence-corrected chi connectivity index (χ4v) is 6.63. The average molecular weight is 353 g/mol. The number of carbonyl (C=O) groups is 1. The van der Waals surface area contributed by atoms with E-state index in [1.165, 1.54) is 69.3 Å². The van der Waals surface area contributed by atoms with Gasteiger partial charge in [-0.1, -0.05) is 30.7 Å². The SMILES string of the molecule is CC(=O)N1Cc2ccccc2C2(CCN(CC3CC4CCC3C4)CC2)C1. The van der Waals surface area contributed by atoms with E-state index >= 15 is 0 Å². The van der Waals surface area contributed by atoms with Gasteiger partial charge in [-0.3, -0.25) is 4.79 Å². The number of likely N-dealkylation sites (tertiary alicyclic amines) is 1. The van der Waals surface area contributed by atoms with E-state index in [-0.39, 0.29) is 11.3 Å². The second-order valence-corrected chi connectivity index (χ2v) is 9.55. The van der Waals surface area contributed by atoms with Gasteiger partial charge in [0.25, 0.3) is 0 Å². The number of benzene rings is 1. The molecule has 1 aromatic carbocycles. The predicted octanol–water partition coefficient (Wildman–Crippen LogP) is 3.82. The van der Waals surface area contributed by atoms with Crippen molar-refractivity contribution in [3.8, 4) is 0 Å². The minimum absolute atomic E-state index is 0.186. The molecule has 2 saturated carbocycles. The highest BCUT2D eigenvalue weighted by Gasteiger charge is 2.44. The van der Waals surface area contributed by atoms with Crippen LogP contribution in [0.25, 0.3) is 0 Å². The Bertz CT molecular complexity index is 691. The summed E-state index contributed by atoms with van der Waals surface area (Å²) in [6, 6.07) is 8.87. The highest BCUT2D eigenvalue weighted by atomic mass is 16.2. The number of rotatable bonds is 2. The molecule has 1 amide bonds. The molecule has 3 nitrogen and oxygen atoms in total. The molecule has 2 aliphatic carbocycles. The van der Waals surface area contributed by atoms with Crippen LogP contribution < -0.4 is 0 Å². The summed E-state index contributed by atoms with van der Waals surface area (Å²) >= 11 is 0. The maximum absolute atomic E-state index is 12.1. The molecule has 4 aliphatic rings. The Morgan fingerprint density at radius 3 is 2.65 bits per heavy atom. The van der Waals surface area contributed by atoms with Crippen LogP contribution in [0.2, 0.25) is 0 Å². The number of hydrogen-bond donors (Lipinski definition) is 0. The average Bonchev–Trinajstić information content (AvgIpc) is 3.27. The van der Waals surface area contributed by atoms with Crippen molar-refractivity contribution in [3.63, 3.8) is 0 Å². The van der Waals surface area contributed by atoms with Crippen LogP contribution in [0.1, 0.15) is 56.6 Å². The zero-order valence-electron chi connectivity index (χ0n) is 16.1. The molecule has 1 saturated heterocycles. The van der Waals surface area contributed by atoms with Crippen LogP contribution in [-0.4, -0.2) is 41.9 Å². The third kappa shape index (κ3) is 2.79. The van der Waals surface area contributed by atoms with Gasteiger partial charge in [0.2, 0.25) is 5.91 Å². The number of piperidine rings is 1. The van der Waals surface area contributed by atoms with Crippen LogP contribution >= 0.6 is 0 Å². The van der Waals surface area contributed by atoms with Gasteiger partial charge in [0.05, 0.1) is 0 Å². The maximum atomic E-state index is 12.1. The number of amides is 1. The van der Waals surface area contributed by atoms with Crippen LogP contribution in [0.5, 0.6) is 0 Å². The molecule has 3 atom stereocenters. The van der Waals surface area contributed by atoms with E-state index in [9.17, 15) is 4.79 Å². The second-order valence-electron chi connectivity index (χ2n) is 9.55. The molecule has 0 aromatic heterocycles. The first-order chi connectivity index (χ1) is 12.6. The van der Waals surface area contributed by atoms with Crippen molar-refractivity contribution < 1.29 is 4.79 Å². The summed E-state index contributed by atoms with van der Waals surface area (Å²) in [5.41, 5.74) is 3.08. The second kappa shape index (κ2) is 6.37. The zero-order valence-corrected chi connectivity index (χ0v) is 16.1. The van der Waals surface area contributed by atoms with Gasteiger partial charge in [-0.25, -0.2) is 0 Å². The molecule has 1 aromatic rings. The largest absolute Gasteiger partial charge is 0.338 e. The van der Waals surface area contributed by atoms with Crippen molar-refractivity contribution >= 4 is 5.91 Å². The van der Waals surface area contributed by atoms with E-state index in [1.807, 2.05) is 0 Å². The molecule has 0 radical (unpaired) electrons. The Morgan fingerprint density at radius 1 is 1.15 bits per heavy atom. The van der Waals surface area contributed by atoms with E-state index in [0.717, 1.165) is 30.8 Å². The van der Waals surface area contributed by atoms with Gasteiger partial charge in [0.15, 0.2) is 0 Å². The third-order valence-corrected chi connectivity index (χ3v) is 8.08. The molecule has 5 rings (SSSR count). The molecule has 3 fully saturated rings. The lowest BCUT2D eigenvalue weighted by Crippen LogP contribution is -2.53. The Kier molecular flexibility index (Phi) is 4.11. The molecule has 2 aliphatic heterocycles. The quantitative estimate of drug-likeness (QED) is 0.808. The zero-order chi connectivity index (χ0) is 17.7. The smallest absolute Gasteiger partial charge is 0.219 e. The first kappa shape index (κ1) is 16.8. The summed E-state index contributed by atoms with van der Waals surface area (Å²) < 4.78 is 0. The molecule has 2 heterocycles. The lowest BCUT2D eigenvalue weighted by atomic mass is 9.68. The summed E-state index contributed by atoms with van der Waals surface area (Å²) in [6.45, 7) is 7.17. The number of fused-ring (bicyclic) bond motifs is 4. The normalized spacial score (nSPS) is 32.8. The number of nitrogens with zero attached hydrogens (tertiary/aromatic N) is 2. The highest BCUT2D eigenvalue weighted by molar-refractivity contribution is 5.74. The summed E-state index contributed by atoms with van der Waals surface area (Å²) in [7, 11) is 0. The molecule has 2 bridgehead atoms. The van der Waals surface area contributed by atoms with Gasteiger partial charge in [-0.15, -0.1) is 0 Å². The predicted molar refractivity (Wildman–Crippen MR) is 104 cm³/mol. The van der Waals surface area contributed by atoms with Gasteiger partial charge in [0, 0.05) is 32.0 Å². The van der Waals surface area contributed by atoms with Crippen LogP contribution in [0.3, 0.4) is 0 Å². The molecule has 0 N–H and O–H groups in total. The van der Waals surface area contributed by atoms with E-state index in [4.69, 9.17) is 0 Å². The van der Waals surface area contributed by atoms with E-state index in [2.05, 4.69) is 34.1 Å². The van der Waals surface area contributed by atoms with Gasteiger partial charge in [-0.2, -0.15) is 0 Å². The van der Waals surface area contributed by atoms with Crippen molar-refractivity contribution in [3.05, 3.63) is 35.4 Å². The Morgan fingerprint density at radius 2 is 1.96 bits per heavy atom. The van der Waals surface area contributed by atoms with Crippen molar-refractivity contribution in [1.29, 1.82) is 0 Å². The first-order valence-electron chi connectivity index (χ1n) is 10.7. The first-order valence-corrected chi connectivity index (χ1v) is 10.7. The standard InChI is InChI=1S/C23H32N2O/c1-17(26)25-15-20-4-2-3-5-22(20)23(16-25)8-10-24(11-9-23)14-21-13-18-6-7-19(21)12-18/h2-5,18-19,21H,6-16H2,1H3. The molecule has 1 spiro atoms. The van der Waals surface area contributed by atoms with E-state index in [1.54, 1.807) is 6.92 Å². The Hall–Kier alpha value is -1.35. The van der Waals surface area contributed by atoms with Crippen molar-refractivity contribution in [2.24, 2.45) is 17.8 Å². The Balaban J connectivity index is 1.30. The van der Waals surface area contributed by atoms with Crippen LogP contribution in [0.15, 0.2) is 24.3 Å². The topological polar surface area (TPSA) is 23.6 Å². The molecule has 26 heavy (non-hydrogen) atoms. The summed E-state index contributed by atoms with van der Waals surface area (Å²) in [6.07, 6.45) is 8.41. The lowest BCUT2D eigenvalue weighted by Gasteiger charge is -2.49. The van der Waals surface area contributed by atoms with E-state index < -0.39 is 0 Å². The van der Waals surface area contributed by atoms with Gasteiger partial charge in [0.1, 0.15) is 0 Å². The lowest BCUT2D eigenvalue weighted by molar-refractivity contribution is -0.131. The fourth-order valence-electron chi connectivity index (χ4n) is 6.63. The van der Waals surface area contributed by atoms with Crippen LogP contribution in [0, 0.1) is 17.8 Å². The maximum Gasteiger partial charge on any atom is 0.219 e. The van der Waals surface area contributed by atoms with Gasteiger partial charge in [-0.05, 0) is 74.1 Å². The molecular formula is C23H32N2O. The van der Waals surface area contributed by atoms with Crippen LogP contribution in [-0.2, 0) is 16.8 Å². The monoisotopic (exact) mass is 352 g/mol. The Labute approximate surface area is 157 Å². The number of hydrogen-bond acceptors (Lipinski definition) is 2. The molecule has 140 valence electrons. The summed E-state index contributed by atoms with van der Waals surface area (Å²) in [5.74, 6) is 3.27. The van der Waals surface area contributed by atoms with Crippen LogP contribution in [0.4, 0.5) is 0 Å². The van der Waals surface area contributed by atoms with Gasteiger partial charge >= 0.3 is 0 Å². The van der Waals surface area contributed by atoms with Crippen molar-refractivity contribution in [2.45, 2.75) is 57.4 Å². The van der Waals surface area contributed by atoms with Gasteiger partial charge < -0.3 is 9.80 Å². The minimum atomic E-state index is 0.186.